The van der Waals surface area contributed by atoms with Crippen molar-refractivity contribution in [3.8, 4) is 11.5 Å². The van der Waals surface area contributed by atoms with E-state index in [0.717, 1.165) is 24.2 Å². The van der Waals surface area contributed by atoms with Crippen LogP contribution < -0.4 is 10.5 Å². The van der Waals surface area contributed by atoms with Crippen LogP contribution >= 0.6 is 0 Å². The van der Waals surface area contributed by atoms with Gasteiger partial charge >= 0.3 is 0 Å². The number of hydrogen-bond acceptors (Lipinski definition) is 7. The average Bonchev–Trinajstić information content (AvgIpc) is 3.55. The number of ether oxygens (including phenoxy) is 1. The first-order valence-electron chi connectivity index (χ1n) is 13.1. The summed E-state index contributed by atoms with van der Waals surface area (Å²) in [5.74, 6) is 0.462. The van der Waals surface area contributed by atoms with Gasteiger partial charge in [0.05, 0.1) is 28.2 Å². The lowest BCUT2D eigenvalue weighted by molar-refractivity contribution is -0.196. The Balaban J connectivity index is 1.27. The SMILES string of the molecule is Nc1ccc2c(c1)C(=O)N([C@@H]1CC[C@@]3(O)[C@H]4Cc5ccc(O)c6c5[C@@]3(CCN4CC3CC3)[C@H]1O6)C2=O. The first-order chi connectivity index (χ1) is 17.3. The standard InChI is InChI=1S/C28H29N3O5/c29-16-4-5-17-18(12-16)26(34)31(25(17)33)19-7-8-28(35)21-11-15-3-6-20(32)23-22(15)27(28,24(19)36-23)9-10-30(21)13-14-1-2-14/h3-6,12,14,19,21,24,32,35H,1-2,7-11,13,29H2/t19-,21-,24+,27+,28-/m1/s1. The summed E-state index contributed by atoms with van der Waals surface area (Å²) in [4.78, 5) is 30.9. The quantitative estimate of drug-likeness (QED) is 0.449. The largest absolute Gasteiger partial charge is 0.504 e. The van der Waals surface area contributed by atoms with Gasteiger partial charge in [0.15, 0.2) is 11.5 Å². The van der Waals surface area contributed by atoms with Crippen LogP contribution in [0.1, 0.15) is 63.9 Å². The maximum absolute atomic E-state index is 13.6. The van der Waals surface area contributed by atoms with Gasteiger partial charge in [0.1, 0.15) is 6.10 Å². The summed E-state index contributed by atoms with van der Waals surface area (Å²) in [7, 11) is 0. The molecule has 2 amide bonds. The van der Waals surface area contributed by atoms with Crippen LogP contribution in [-0.4, -0.2) is 68.7 Å². The van der Waals surface area contributed by atoms with E-state index < -0.39 is 23.2 Å². The Morgan fingerprint density at radius 2 is 1.86 bits per heavy atom. The molecule has 3 aliphatic heterocycles. The summed E-state index contributed by atoms with van der Waals surface area (Å²) in [5.41, 5.74) is 7.18. The highest BCUT2D eigenvalue weighted by Gasteiger charge is 2.74. The van der Waals surface area contributed by atoms with Crippen LogP contribution in [0, 0.1) is 5.92 Å². The molecule has 36 heavy (non-hydrogen) atoms. The molecule has 4 N–H and O–H groups in total. The number of aliphatic hydroxyl groups is 1. The number of piperidine rings is 1. The minimum atomic E-state index is -1.06. The van der Waals surface area contributed by atoms with Crippen LogP contribution in [0.25, 0.3) is 0 Å². The molecule has 2 aromatic rings. The number of benzene rings is 2. The number of anilines is 1. The topological polar surface area (TPSA) is 116 Å². The number of carbonyl (C=O) groups excluding carboxylic acids is 2. The minimum Gasteiger partial charge on any atom is -0.504 e. The molecule has 1 spiro atoms. The van der Waals surface area contributed by atoms with Gasteiger partial charge in [0.25, 0.3) is 11.8 Å². The second-order valence-electron chi connectivity index (χ2n) is 11.7. The number of amides is 2. The molecule has 8 nitrogen and oxygen atoms in total. The molecule has 2 aromatic carbocycles. The first-order valence-corrected chi connectivity index (χ1v) is 13.1. The van der Waals surface area contributed by atoms with Gasteiger partial charge in [-0.15, -0.1) is 0 Å². The number of likely N-dealkylation sites (tertiary alicyclic amines) is 1. The number of rotatable bonds is 3. The van der Waals surface area contributed by atoms with E-state index in [0.29, 0.717) is 54.2 Å². The number of nitrogens with zero attached hydrogens (tertiary/aromatic N) is 2. The van der Waals surface area contributed by atoms with Crippen LogP contribution in [0.5, 0.6) is 11.5 Å². The van der Waals surface area contributed by atoms with Gasteiger partial charge in [-0.2, -0.15) is 0 Å². The molecule has 6 aliphatic rings. The second kappa shape index (κ2) is 6.61. The molecule has 186 valence electrons. The van der Waals surface area contributed by atoms with Crippen molar-refractivity contribution in [1.82, 2.24) is 9.80 Å². The lowest BCUT2D eigenvalue weighted by Crippen LogP contribution is -2.78. The zero-order valence-electron chi connectivity index (χ0n) is 19.9. The number of imide groups is 1. The molecule has 0 unspecified atom stereocenters. The number of phenols is 1. The Bertz CT molecular complexity index is 1370. The van der Waals surface area contributed by atoms with E-state index in [1.54, 1.807) is 24.3 Å². The third-order valence-corrected chi connectivity index (χ3v) is 10.0. The molecule has 0 radical (unpaired) electrons. The molecule has 3 aliphatic carbocycles. The van der Waals surface area contributed by atoms with E-state index in [4.69, 9.17) is 10.5 Å². The summed E-state index contributed by atoms with van der Waals surface area (Å²) >= 11 is 0. The highest BCUT2D eigenvalue weighted by atomic mass is 16.5. The Labute approximate surface area is 208 Å². The number of nitrogen functional groups attached to an aromatic ring is 1. The number of nitrogens with two attached hydrogens (primary N) is 1. The molecule has 2 saturated carbocycles. The zero-order valence-corrected chi connectivity index (χ0v) is 19.9. The lowest BCUT2D eigenvalue weighted by Gasteiger charge is -2.64. The van der Waals surface area contributed by atoms with Crippen LogP contribution in [-0.2, 0) is 11.8 Å². The van der Waals surface area contributed by atoms with Crippen molar-refractivity contribution in [2.24, 2.45) is 5.92 Å². The Kier molecular flexibility index (Phi) is 3.86. The fraction of sp³-hybridized carbons (Fsp3) is 0.500. The van der Waals surface area contributed by atoms with Gasteiger partial charge in [0.2, 0.25) is 0 Å². The summed E-state index contributed by atoms with van der Waals surface area (Å²) < 4.78 is 6.55. The number of aromatic hydroxyl groups is 1. The number of fused-ring (bicyclic) bond motifs is 1. The third-order valence-electron chi connectivity index (χ3n) is 10.0. The molecule has 3 heterocycles. The van der Waals surface area contributed by atoms with Gasteiger partial charge in [-0.3, -0.25) is 19.4 Å². The van der Waals surface area contributed by atoms with Gasteiger partial charge in [-0.25, -0.2) is 0 Å². The van der Waals surface area contributed by atoms with Crippen LogP contribution in [0.2, 0.25) is 0 Å². The average molecular weight is 488 g/mol. The number of carbonyl (C=O) groups is 2. The van der Waals surface area contributed by atoms with Crippen molar-refractivity contribution in [3.63, 3.8) is 0 Å². The molecule has 5 atom stereocenters. The predicted octanol–water partition coefficient (Wildman–Crippen LogP) is 2.20. The van der Waals surface area contributed by atoms with Crippen molar-refractivity contribution in [2.75, 3.05) is 18.8 Å². The first kappa shape index (κ1) is 21.0. The van der Waals surface area contributed by atoms with E-state index in [1.165, 1.54) is 17.7 Å². The summed E-state index contributed by atoms with van der Waals surface area (Å²) in [6.45, 7) is 1.82. The van der Waals surface area contributed by atoms with Crippen molar-refractivity contribution >= 4 is 17.5 Å². The molecule has 0 aromatic heterocycles. The Morgan fingerprint density at radius 3 is 2.67 bits per heavy atom. The van der Waals surface area contributed by atoms with E-state index in [1.807, 2.05) is 6.07 Å². The van der Waals surface area contributed by atoms with Gasteiger partial charge < -0.3 is 20.7 Å². The smallest absolute Gasteiger partial charge is 0.262 e. The minimum absolute atomic E-state index is 0.0487. The lowest BCUT2D eigenvalue weighted by atomic mass is 9.48. The predicted molar refractivity (Wildman–Crippen MR) is 130 cm³/mol. The summed E-state index contributed by atoms with van der Waals surface area (Å²) in [6, 6.07) is 7.85. The van der Waals surface area contributed by atoms with E-state index >= 15 is 0 Å². The van der Waals surface area contributed by atoms with Crippen molar-refractivity contribution in [1.29, 1.82) is 0 Å². The van der Waals surface area contributed by atoms with Gasteiger partial charge in [-0.1, -0.05) is 6.07 Å². The van der Waals surface area contributed by atoms with Crippen molar-refractivity contribution in [3.05, 3.63) is 52.6 Å². The fourth-order valence-electron chi connectivity index (χ4n) is 8.30. The van der Waals surface area contributed by atoms with Crippen LogP contribution in [0.4, 0.5) is 5.69 Å². The molecular formula is C28H29N3O5. The van der Waals surface area contributed by atoms with Crippen molar-refractivity contribution in [2.45, 2.75) is 67.7 Å². The second-order valence-corrected chi connectivity index (χ2v) is 11.7. The van der Waals surface area contributed by atoms with Gasteiger partial charge in [0, 0.05) is 23.8 Å². The highest BCUT2D eigenvalue weighted by molar-refractivity contribution is 6.22. The maximum atomic E-state index is 13.6. The monoisotopic (exact) mass is 487 g/mol. The molecule has 1 saturated heterocycles. The number of phenolic OH excluding ortho intramolecular Hbond substituents is 1. The summed E-state index contributed by atoms with van der Waals surface area (Å²) in [5, 5.41) is 23.4. The van der Waals surface area contributed by atoms with E-state index in [-0.39, 0.29) is 23.6 Å². The maximum Gasteiger partial charge on any atom is 0.262 e. The van der Waals surface area contributed by atoms with Crippen LogP contribution in [0.15, 0.2) is 30.3 Å². The van der Waals surface area contributed by atoms with Crippen molar-refractivity contribution < 1.29 is 24.5 Å². The highest BCUT2D eigenvalue weighted by Crippen LogP contribution is 2.66. The molecule has 8 rings (SSSR count). The fourth-order valence-corrected chi connectivity index (χ4v) is 8.30. The normalized spacial score (nSPS) is 36.0. The Morgan fingerprint density at radius 1 is 1.06 bits per heavy atom. The van der Waals surface area contributed by atoms with E-state index in [9.17, 15) is 19.8 Å². The molecular weight excluding hydrogens is 458 g/mol. The summed E-state index contributed by atoms with van der Waals surface area (Å²) in [6.07, 6.45) is 4.16. The number of hydrogen-bond donors (Lipinski definition) is 3. The van der Waals surface area contributed by atoms with E-state index in [2.05, 4.69) is 4.90 Å². The molecule has 2 bridgehead atoms. The molecule has 3 fully saturated rings. The molecule has 8 heteroatoms. The zero-order chi connectivity index (χ0) is 24.6. The third kappa shape index (κ3) is 2.33. The Hall–Kier alpha value is -3.10. The van der Waals surface area contributed by atoms with Gasteiger partial charge in [-0.05, 0) is 80.8 Å². The van der Waals surface area contributed by atoms with Crippen LogP contribution in [0.3, 0.4) is 0 Å².